The quantitative estimate of drug-likeness (QED) is 0.778. The van der Waals surface area contributed by atoms with Crippen LogP contribution in [-0.2, 0) is 11.2 Å². The highest BCUT2D eigenvalue weighted by atomic mass is 79.9. The molecule has 0 N–H and O–H groups in total. The van der Waals surface area contributed by atoms with Crippen molar-refractivity contribution in [3.05, 3.63) is 20.8 Å². The van der Waals surface area contributed by atoms with E-state index in [1.54, 1.807) is 5.38 Å². The topological polar surface area (TPSA) is 17.1 Å². The van der Waals surface area contributed by atoms with Crippen molar-refractivity contribution >= 4 is 33.0 Å². The Morgan fingerprint density at radius 1 is 1.53 bits per heavy atom. The molecule has 0 amide bonds. The molecular weight excluding hydrogens is 300 g/mol. The van der Waals surface area contributed by atoms with Gasteiger partial charge in [0, 0.05) is 21.2 Å². The third-order valence-corrected chi connectivity index (χ3v) is 3.30. The summed E-state index contributed by atoms with van der Waals surface area (Å²) in [4.78, 5) is 11.2. The Bertz CT molecular complexity index is 363. The number of hydrogen-bond donors (Lipinski definition) is 0. The maximum atomic E-state index is 12.5. The first-order valence-electron chi connectivity index (χ1n) is 3.76. The van der Waals surface area contributed by atoms with E-state index in [1.165, 1.54) is 6.07 Å². The Kier molecular flexibility index (Phi) is 3.88. The summed E-state index contributed by atoms with van der Waals surface area (Å²) >= 11 is 4.12. The van der Waals surface area contributed by atoms with E-state index in [2.05, 4.69) is 15.9 Å². The van der Waals surface area contributed by atoms with Gasteiger partial charge in [0.05, 0.1) is 0 Å². The molecule has 0 aliphatic carbocycles. The van der Waals surface area contributed by atoms with Gasteiger partial charge in [0.1, 0.15) is 0 Å². The van der Waals surface area contributed by atoms with E-state index >= 15 is 0 Å². The predicted octanol–water partition coefficient (Wildman–Crippen LogP) is 3.52. The molecule has 0 saturated heterocycles. The Labute approximate surface area is 95.2 Å². The van der Waals surface area contributed by atoms with E-state index in [4.69, 9.17) is 0 Å². The predicted molar refractivity (Wildman–Crippen MR) is 51.7 cm³/mol. The molecule has 0 aliphatic rings. The average molecular weight is 305 g/mol. The van der Waals surface area contributed by atoms with Crippen molar-refractivity contribution in [3.63, 3.8) is 0 Å². The van der Waals surface area contributed by atoms with Crippen LogP contribution in [0.5, 0.6) is 0 Å². The zero-order valence-corrected chi connectivity index (χ0v) is 9.55. The van der Waals surface area contributed by atoms with Gasteiger partial charge in [0.15, 0.2) is 0 Å². The summed E-state index contributed by atoms with van der Waals surface area (Å²) in [5.41, 5.74) is 0. The number of thiophene rings is 1. The zero-order valence-electron chi connectivity index (χ0n) is 7.15. The molecular formula is C8H5BrF4OS. The van der Waals surface area contributed by atoms with Crippen LogP contribution in [0.4, 0.5) is 17.6 Å². The van der Waals surface area contributed by atoms with Gasteiger partial charge in [-0.3, -0.25) is 4.79 Å². The van der Waals surface area contributed by atoms with Gasteiger partial charge in [-0.05, 0) is 22.0 Å². The lowest BCUT2D eigenvalue weighted by molar-refractivity contribution is -0.166. The molecule has 0 atom stereocenters. The fourth-order valence-corrected chi connectivity index (χ4v) is 2.29. The van der Waals surface area contributed by atoms with Crippen LogP contribution in [0.25, 0.3) is 0 Å². The third kappa shape index (κ3) is 3.01. The number of alkyl halides is 4. The second kappa shape index (κ2) is 4.61. The highest BCUT2D eigenvalue weighted by molar-refractivity contribution is 9.10. The summed E-state index contributed by atoms with van der Waals surface area (Å²) in [6.07, 6.45) is -4.62. The number of ketones is 1. The number of Topliss-reactive ketones (excluding diaryl/α,β-unsaturated/α-hetero) is 1. The third-order valence-electron chi connectivity index (χ3n) is 1.60. The van der Waals surface area contributed by atoms with Crippen LogP contribution in [-0.4, -0.2) is 18.1 Å². The lowest BCUT2D eigenvalue weighted by Crippen LogP contribution is -2.37. The average Bonchev–Trinajstić information content (AvgIpc) is 2.50. The van der Waals surface area contributed by atoms with Gasteiger partial charge in [-0.15, -0.1) is 11.3 Å². The first kappa shape index (κ1) is 12.6. The summed E-state index contributed by atoms with van der Waals surface area (Å²) in [7, 11) is 0. The molecule has 0 aromatic carbocycles. The van der Waals surface area contributed by atoms with Gasteiger partial charge in [-0.2, -0.15) is 8.78 Å². The molecule has 1 aromatic rings. The molecule has 0 spiro atoms. The maximum absolute atomic E-state index is 12.5. The van der Waals surface area contributed by atoms with Crippen LogP contribution in [0.15, 0.2) is 15.9 Å². The summed E-state index contributed by atoms with van der Waals surface area (Å²) in [6, 6.07) is 1.45. The van der Waals surface area contributed by atoms with Crippen molar-refractivity contribution in [2.45, 2.75) is 18.8 Å². The largest absolute Gasteiger partial charge is 0.364 e. The first-order chi connectivity index (χ1) is 6.84. The fourth-order valence-electron chi connectivity index (χ4n) is 0.844. The fraction of sp³-hybridized carbons (Fsp3) is 0.375. The highest BCUT2D eigenvalue weighted by Gasteiger charge is 2.48. The van der Waals surface area contributed by atoms with Crippen LogP contribution >= 0.6 is 27.3 Å². The monoisotopic (exact) mass is 304 g/mol. The smallest absolute Gasteiger partial charge is 0.292 e. The molecule has 0 aliphatic heterocycles. The maximum Gasteiger partial charge on any atom is 0.364 e. The second-order valence-corrected chi connectivity index (χ2v) is 4.67. The first-order valence-corrected chi connectivity index (χ1v) is 5.43. The van der Waals surface area contributed by atoms with Crippen LogP contribution in [0, 0.1) is 0 Å². The summed E-state index contributed by atoms with van der Waals surface area (Å²) in [5, 5.41) is 1.59. The van der Waals surface area contributed by atoms with Gasteiger partial charge < -0.3 is 0 Å². The van der Waals surface area contributed by atoms with Crippen molar-refractivity contribution in [2.24, 2.45) is 0 Å². The van der Waals surface area contributed by atoms with Crippen LogP contribution in [0.3, 0.4) is 0 Å². The Hall–Kier alpha value is -0.430. The number of carbonyl (C=O) groups excluding carboxylic acids is 1. The van der Waals surface area contributed by atoms with Crippen LogP contribution < -0.4 is 0 Å². The van der Waals surface area contributed by atoms with Gasteiger partial charge in [0.2, 0.25) is 5.78 Å². The number of rotatable bonds is 4. The molecule has 0 unspecified atom stereocenters. The molecule has 1 heterocycles. The van der Waals surface area contributed by atoms with Crippen molar-refractivity contribution in [3.8, 4) is 0 Å². The minimum absolute atomic E-state index is 0.326. The van der Waals surface area contributed by atoms with E-state index in [-0.39, 0.29) is 0 Å². The normalized spacial score (nSPS) is 12.1. The van der Waals surface area contributed by atoms with E-state index in [0.717, 1.165) is 11.3 Å². The van der Waals surface area contributed by atoms with Gasteiger partial charge in [-0.1, -0.05) is 0 Å². The van der Waals surface area contributed by atoms with Crippen LogP contribution in [0.1, 0.15) is 4.88 Å². The summed E-state index contributed by atoms with van der Waals surface area (Å²) in [6.45, 7) is 0. The molecule has 84 valence electrons. The molecule has 7 heteroatoms. The minimum Gasteiger partial charge on any atom is -0.292 e. The minimum atomic E-state index is -4.56. The molecule has 0 bridgehead atoms. The second-order valence-electron chi connectivity index (χ2n) is 2.75. The Balaban J connectivity index is 2.71. The van der Waals surface area contributed by atoms with Gasteiger partial charge in [0.25, 0.3) is 0 Å². The lowest BCUT2D eigenvalue weighted by atomic mass is 10.1. The number of halogens is 5. The highest BCUT2D eigenvalue weighted by Crippen LogP contribution is 2.27. The van der Waals surface area contributed by atoms with Gasteiger partial charge in [-0.25, -0.2) is 8.78 Å². The molecule has 15 heavy (non-hydrogen) atoms. The van der Waals surface area contributed by atoms with Gasteiger partial charge >= 0.3 is 12.3 Å². The van der Waals surface area contributed by atoms with E-state index < -0.39 is 24.6 Å². The standard InChI is InChI=1S/C8H5BrF4OS/c9-4-1-5(15-3-4)2-6(14)8(12,13)7(10)11/h1,3,7H,2H2. The molecule has 1 nitrogen and oxygen atoms in total. The van der Waals surface area contributed by atoms with Crippen molar-refractivity contribution < 1.29 is 22.4 Å². The zero-order chi connectivity index (χ0) is 11.6. The molecule has 0 fully saturated rings. The van der Waals surface area contributed by atoms with E-state index in [9.17, 15) is 22.4 Å². The number of hydrogen-bond acceptors (Lipinski definition) is 2. The SMILES string of the molecule is O=C(Cc1cc(Br)cs1)C(F)(F)C(F)F. The van der Waals surface area contributed by atoms with Crippen LogP contribution in [0.2, 0.25) is 0 Å². The van der Waals surface area contributed by atoms with E-state index in [0.29, 0.717) is 9.35 Å². The van der Waals surface area contributed by atoms with E-state index in [1.807, 2.05) is 0 Å². The lowest BCUT2D eigenvalue weighted by Gasteiger charge is -2.12. The summed E-state index contributed by atoms with van der Waals surface area (Å²) < 4.78 is 49.3. The molecule has 1 aromatic heterocycles. The molecule has 1 rings (SSSR count). The molecule has 0 radical (unpaired) electrons. The van der Waals surface area contributed by atoms with Crippen molar-refractivity contribution in [1.29, 1.82) is 0 Å². The number of carbonyl (C=O) groups is 1. The van der Waals surface area contributed by atoms with Crippen molar-refractivity contribution in [1.82, 2.24) is 0 Å². The Morgan fingerprint density at radius 2 is 2.13 bits per heavy atom. The summed E-state index contributed by atoms with van der Waals surface area (Å²) in [5.74, 6) is -6.32. The van der Waals surface area contributed by atoms with Crippen molar-refractivity contribution in [2.75, 3.05) is 0 Å². The Morgan fingerprint density at radius 3 is 2.53 bits per heavy atom. The molecule has 0 saturated carbocycles.